The Hall–Kier alpha value is -4.06. The molecule has 4 rings (SSSR count). The number of anilines is 2. The number of halogens is 1. The van der Waals surface area contributed by atoms with Crippen molar-refractivity contribution in [1.82, 2.24) is 9.97 Å². The maximum Gasteiger partial charge on any atom is 0.244 e. The molecule has 0 aliphatic heterocycles. The summed E-state index contributed by atoms with van der Waals surface area (Å²) in [4.78, 5) is 11.5. The fourth-order valence-electron chi connectivity index (χ4n) is 3.55. The monoisotopic (exact) mass is 439 g/mol. The first-order valence-electron chi connectivity index (χ1n) is 11.0. The summed E-state index contributed by atoms with van der Waals surface area (Å²) in [6.45, 7) is 6.23. The maximum atomic E-state index is 13.4. The third-order valence-electron chi connectivity index (χ3n) is 5.34. The van der Waals surface area contributed by atoms with Crippen molar-refractivity contribution < 1.29 is 4.39 Å². The van der Waals surface area contributed by atoms with E-state index in [4.69, 9.17) is 0 Å². The minimum atomic E-state index is -0.286. The zero-order valence-corrected chi connectivity index (χ0v) is 18.7. The van der Waals surface area contributed by atoms with Crippen molar-refractivity contribution in [2.75, 3.05) is 23.4 Å². The molecule has 166 valence electrons. The molecule has 3 aromatic carbocycles. The van der Waals surface area contributed by atoms with E-state index in [1.165, 1.54) is 17.8 Å². The predicted octanol–water partition coefficient (Wildman–Crippen LogP) is 6.24. The first-order chi connectivity index (χ1) is 16.2. The molecule has 0 saturated heterocycles. The van der Waals surface area contributed by atoms with Crippen LogP contribution in [0.25, 0.3) is 22.5 Å². The van der Waals surface area contributed by atoms with Gasteiger partial charge in [-0.3, -0.25) is 0 Å². The molecule has 0 saturated carbocycles. The summed E-state index contributed by atoms with van der Waals surface area (Å²) >= 11 is 0. The van der Waals surface area contributed by atoms with Crippen molar-refractivity contribution in [3.63, 3.8) is 0 Å². The highest BCUT2D eigenvalue weighted by Crippen LogP contribution is 2.25. The second-order valence-electron chi connectivity index (χ2n) is 7.47. The molecule has 0 aliphatic carbocycles. The summed E-state index contributed by atoms with van der Waals surface area (Å²) in [5.41, 5.74) is 8.31. The van der Waals surface area contributed by atoms with E-state index in [2.05, 4.69) is 51.4 Å². The molecule has 0 amide bonds. The van der Waals surface area contributed by atoms with Gasteiger partial charge in [-0.15, -0.1) is 0 Å². The highest BCUT2D eigenvalue weighted by Gasteiger charge is 2.09. The summed E-state index contributed by atoms with van der Waals surface area (Å²) < 4.78 is 13.4. The van der Waals surface area contributed by atoms with E-state index in [0.29, 0.717) is 11.6 Å². The Balaban J connectivity index is 1.59. The van der Waals surface area contributed by atoms with Gasteiger partial charge >= 0.3 is 0 Å². The summed E-state index contributed by atoms with van der Waals surface area (Å²) in [6.07, 6.45) is 1.74. The smallest absolute Gasteiger partial charge is 0.244 e. The summed E-state index contributed by atoms with van der Waals surface area (Å²) in [7, 11) is 0. The zero-order chi connectivity index (χ0) is 23.0. The van der Waals surface area contributed by atoms with Gasteiger partial charge in [-0.05, 0) is 61.9 Å². The van der Waals surface area contributed by atoms with Crippen LogP contribution in [0.5, 0.6) is 0 Å². The summed E-state index contributed by atoms with van der Waals surface area (Å²) in [5.74, 6) is 0.0812. The van der Waals surface area contributed by atoms with Gasteiger partial charge in [0, 0.05) is 29.9 Å². The van der Waals surface area contributed by atoms with Gasteiger partial charge < -0.3 is 4.90 Å². The molecular formula is C27H26FN5. The molecule has 0 atom stereocenters. The van der Waals surface area contributed by atoms with Crippen LogP contribution in [0.2, 0.25) is 0 Å². The Morgan fingerprint density at radius 1 is 0.818 bits per heavy atom. The lowest BCUT2D eigenvalue weighted by atomic mass is 10.1. The van der Waals surface area contributed by atoms with Crippen LogP contribution in [-0.2, 0) is 0 Å². The number of hydrazone groups is 1. The number of hydrogen-bond acceptors (Lipinski definition) is 5. The minimum Gasteiger partial charge on any atom is -0.372 e. The Labute approximate surface area is 193 Å². The van der Waals surface area contributed by atoms with Crippen LogP contribution in [-0.4, -0.2) is 29.3 Å². The zero-order valence-electron chi connectivity index (χ0n) is 18.7. The number of aromatic nitrogens is 2. The number of nitrogens with one attached hydrogen (secondary N) is 1. The van der Waals surface area contributed by atoms with E-state index >= 15 is 0 Å². The van der Waals surface area contributed by atoms with Crippen LogP contribution in [0.3, 0.4) is 0 Å². The van der Waals surface area contributed by atoms with E-state index in [1.807, 2.05) is 48.5 Å². The van der Waals surface area contributed by atoms with Crippen molar-refractivity contribution in [3.8, 4) is 22.5 Å². The molecule has 1 N–H and O–H groups in total. The van der Waals surface area contributed by atoms with Crippen LogP contribution in [0, 0.1) is 5.82 Å². The summed E-state index contributed by atoms with van der Waals surface area (Å²) in [5, 5.41) is 4.34. The molecular weight excluding hydrogens is 413 g/mol. The lowest BCUT2D eigenvalue weighted by molar-refractivity contribution is 0.628. The van der Waals surface area contributed by atoms with Gasteiger partial charge in [-0.2, -0.15) is 5.10 Å². The third kappa shape index (κ3) is 5.60. The molecule has 0 aliphatic rings. The molecule has 1 heterocycles. The first-order valence-corrected chi connectivity index (χ1v) is 11.0. The minimum absolute atomic E-state index is 0.286. The fraction of sp³-hybridized carbons (Fsp3) is 0.148. The molecule has 0 fully saturated rings. The Kier molecular flexibility index (Phi) is 7.05. The van der Waals surface area contributed by atoms with E-state index in [1.54, 1.807) is 18.3 Å². The molecule has 6 heteroatoms. The third-order valence-corrected chi connectivity index (χ3v) is 5.34. The van der Waals surface area contributed by atoms with E-state index in [-0.39, 0.29) is 5.82 Å². The molecule has 4 aromatic rings. The van der Waals surface area contributed by atoms with E-state index in [9.17, 15) is 4.39 Å². The highest BCUT2D eigenvalue weighted by molar-refractivity contribution is 5.81. The van der Waals surface area contributed by atoms with Gasteiger partial charge in [0.15, 0.2) is 0 Å². The van der Waals surface area contributed by atoms with Gasteiger partial charge in [-0.1, -0.05) is 42.5 Å². The normalized spacial score (nSPS) is 11.0. The molecule has 5 nitrogen and oxygen atoms in total. The molecule has 0 unspecified atom stereocenters. The van der Waals surface area contributed by atoms with E-state index in [0.717, 1.165) is 35.5 Å². The Morgan fingerprint density at radius 3 is 2.03 bits per heavy atom. The average Bonchev–Trinajstić information content (AvgIpc) is 2.86. The van der Waals surface area contributed by atoms with Crippen molar-refractivity contribution in [2.45, 2.75) is 13.8 Å². The number of rotatable bonds is 8. The highest BCUT2D eigenvalue weighted by atomic mass is 19.1. The van der Waals surface area contributed by atoms with Gasteiger partial charge in [0.25, 0.3) is 0 Å². The average molecular weight is 440 g/mol. The Bertz CT molecular complexity index is 1200. The van der Waals surface area contributed by atoms with E-state index < -0.39 is 0 Å². The van der Waals surface area contributed by atoms with Crippen molar-refractivity contribution in [1.29, 1.82) is 0 Å². The van der Waals surface area contributed by atoms with Gasteiger partial charge in [-0.25, -0.2) is 19.8 Å². The number of nitrogens with zero attached hydrogens (tertiary/aromatic N) is 4. The molecule has 0 spiro atoms. The Morgan fingerprint density at radius 2 is 1.42 bits per heavy atom. The fourth-order valence-corrected chi connectivity index (χ4v) is 3.55. The lowest BCUT2D eigenvalue weighted by Crippen LogP contribution is -2.21. The quantitative estimate of drug-likeness (QED) is 0.261. The molecule has 0 bridgehead atoms. The summed E-state index contributed by atoms with van der Waals surface area (Å²) in [6, 6.07) is 26.2. The van der Waals surface area contributed by atoms with Crippen molar-refractivity contribution >= 4 is 17.9 Å². The number of benzene rings is 3. The second-order valence-corrected chi connectivity index (χ2v) is 7.47. The topological polar surface area (TPSA) is 53.4 Å². The van der Waals surface area contributed by atoms with Gasteiger partial charge in [0.2, 0.25) is 5.95 Å². The van der Waals surface area contributed by atoms with Crippen LogP contribution in [0.1, 0.15) is 19.4 Å². The molecule has 0 radical (unpaired) electrons. The van der Waals surface area contributed by atoms with Crippen molar-refractivity contribution in [3.05, 3.63) is 96.3 Å². The van der Waals surface area contributed by atoms with Crippen LogP contribution < -0.4 is 10.3 Å². The van der Waals surface area contributed by atoms with Crippen LogP contribution >= 0.6 is 0 Å². The van der Waals surface area contributed by atoms with Gasteiger partial charge in [0.05, 0.1) is 17.6 Å². The lowest BCUT2D eigenvalue weighted by Gasteiger charge is -2.20. The molecule has 1 aromatic heterocycles. The maximum absolute atomic E-state index is 13.4. The van der Waals surface area contributed by atoms with Gasteiger partial charge in [0.1, 0.15) is 5.82 Å². The van der Waals surface area contributed by atoms with Crippen LogP contribution in [0.15, 0.2) is 90.0 Å². The van der Waals surface area contributed by atoms with Crippen molar-refractivity contribution in [2.24, 2.45) is 5.10 Å². The number of hydrogen-bond donors (Lipinski definition) is 1. The van der Waals surface area contributed by atoms with Crippen LogP contribution in [0.4, 0.5) is 16.0 Å². The standard InChI is InChI=1S/C27H26FN5/c1-3-33(4-2)24-16-10-20(11-17-24)19-29-32-27-30-25(21-8-6-5-7-9-21)18-26(31-27)22-12-14-23(28)15-13-22/h5-19H,3-4H2,1-2H3,(H,30,31,32)/b29-19+. The SMILES string of the molecule is CCN(CC)c1ccc(/C=N/Nc2nc(-c3ccccc3)cc(-c3ccc(F)cc3)n2)cc1. The second kappa shape index (κ2) is 10.5. The largest absolute Gasteiger partial charge is 0.372 e. The molecule has 33 heavy (non-hydrogen) atoms. The first kappa shape index (κ1) is 22.1. The predicted molar refractivity (Wildman–Crippen MR) is 134 cm³/mol.